The van der Waals surface area contributed by atoms with E-state index in [-0.39, 0.29) is 0 Å². The summed E-state index contributed by atoms with van der Waals surface area (Å²) in [5.41, 5.74) is 0. The van der Waals surface area contributed by atoms with Crippen molar-refractivity contribution in [3.8, 4) is 6.01 Å². The Morgan fingerprint density at radius 2 is 1.57 bits per heavy atom. The maximum Gasteiger partial charge on any atom is 0.322 e. The van der Waals surface area contributed by atoms with Crippen LogP contribution in [0.1, 0.15) is 40.5 Å². The van der Waals surface area contributed by atoms with Gasteiger partial charge in [0.05, 0.1) is 7.11 Å². The van der Waals surface area contributed by atoms with Gasteiger partial charge in [-0.2, -0.15) is 15.0 Å². The van der Waals surface area contributed by atoms with Crippen LogP contribution < -0.4 is 15.0 Å². The molecule has 21 heavy (non-hydrogen) atoms. The molecular weight excluding hydrogens is 266 g/mol. The number of anilines is 2. The molecule has 0 atom stereocenters. The topological polar surface area (TPSA) is 63.2 Å². The van der Waals surface area contributed by atoms with Gasteiger partial charge in [-0.3, -0.25) is 0 Å². The van der Waals surface area contributed by atoms with Crippen molar-refractivity contribution in [1.29, 1.82) is 0 Å². The van der Waals surface area contributed by atoms with Gasteiger partial charge in [-0.05, 0) is 24.7 Å². The van der Waals surface area contributed by atoms with E-state index >= 15 is 0 Å². The second kappa shape index (κ2) is 8.64. The minimum atomic E-state index is 0.350. The first-order valence-electron chi connectivity index (χ1n) is 7.69. The van der Waals surface area contributed by atoms with Gasteiger partial charge in [0, 0.05) is 20.1 Å². The quantitative estimate of drug-likeness (QED) is 0.756. The minimum Gasteiger partial charge on any atom is -0.467 e. The number of rotatable bonds is 9. The molecule has 0 aliphatic carbocycles. The van der Waals surface area contributed by atoms with E-state index in [0.717, 1.165) is 25.9 Å². The van der Waals surface area contributed by atoms with Gasteiger partial charge in [-0.15, -0.1) is 0 Å². The molecule has 6 nitrogen and oxygen atoms in total. The Kier molecular flexibility index (Phi) is 7.19. The number of aromatic nitrogens is 3. The summed E-state index contributed by atoms with van der Waals surface area (Å²) in [6.07, 6.45) is 2.22. The maximum atomic E-state index is 5.17. The van der Waals surface area contributed by atoms with Crippen molar-refractivity contribution in [2.45, 2.75) is 40.5 Å². The predicted molar refractivity (Wildman–Crippen MR) is 87.0 cm³/mol. The van der Waals surface area contributed by atoms with Crippen molar-refractivity contribution in [1.82, 2.24) is 15.0 Å². The Bertz CT molecular complexity index is 388. The molecule has 1 rings (SSSR count). The summed E-state index contributed by atoms with van der Waals surface area (Å²) in [6, 6.07) is 0.350. The van der Waals surface area contributed by atoms with Crippen LogP contribution in [0.5, 0.6) is 6.01 Å². The number of ether oxygens (including phenoxy) is 1. The molecule has 1 aromatic rings. The Morgan fingerprint density at radius 1 is 1.00 bits per heavy atom. The van der Waals surface area contributed by atoms with Gasteiger partial charge in [0.15, 0.2) is 0 Å². The average molecular weight is 295 g/mol. The van der Waals surface area contributed by atoms with Gasteiger partial charge >= 0.3 is 6.01 Å². The maximum absolute atomic E-state index is 5.17. The third kappa shape index (κ3) is 6.14. The first kappa shape index (κ1) is 17.5. The number of nitrogens with one attached hydrogen (secondary N) is 1. The molecule has 1 heterocycles. The molecule has 0 bridgehead atoms. The summed E-state index contributed by atoms with van der Waals surface area (Å²) < 4.78 is 5.17. The average Bonchev–Trinajstić information content (AvgIpc) is 2.46. The zero-order valence-electron chi connectivity index (χ0n) is 14.2. The van der Waals surface area contributed by atoms with Crippen LogP contribution >= 0.6 is 0 Å². The molecular formula is C15H29N5O. The molecule has 1 aromatic heterocycles. The van der Waals surface area contributed by atoms with E-state index in [1.54, 1.807) is 14.2 Å². The summed E-state index contributed by atoms with van der Waals surface area (Å²) in [5, 5.41) is 2.96. The number of hydrogen-bond acceptors (Lipinski definition) is 6. The number of hydrogen-bond donors (Lipinski definition) is 1. The van der Waals surface area contributed by atoms with Crippen molar-refractivity contribution in [2.75, 3.05) is 37.5 Å². The van der Waals surface area contributed by atoms with Crippen LogP contribution in [-0.2, 0) is 0 Å². The highest BCUT2D eigenvalue weighted by Crippen LogP contribution is 2.17. The van der Waals surface area contributed by atoms with Gasteiger partial charge in [0.25, 0.3) is 0 Å². The first-order valence-corrected chi connectivity index (χ1v) is 7.69. The van der Waals surface area contributed by atoms with E-state index in [9.17, 15) is 0 Å². The molecule has 0 aromatic carbocycles. The lowest BCUT2D eigenvalue weighted by Gasteiger charge is -2.24. The van der Waals surface area contributed by atoms with Crippen LogP contribution in [0.2, 0.25) is 0 Å². The zero-order chi connectivity index (χ0) is 15.8. The second-order valence-corrected chi connectivity index (χ2v) is 6.05. The van der Waals surface area contributed by atoms with Gasteiger partial charge < -0.3 is 15.0 Å². The summed E-state index contributed by atoms with van der Waals surface area (Å²) in [5.74, 6) is 2.53. The molecule has 0 saturated carbocycles. The fourth-order valence-electron chi connectivity index (χ4n) is 1.83. The first-order chi connectivity index (χ1) is 9.96. The molecule has 0 fully saturated rings. The molecule has 0 saturated heterocycles. The Hall–Kier alpha value is -1.59. The second-order valence-electron chi connectivity index (χ2n) is 6.05. The van der Waals surface area contributed by atoms with Gasteiger partial charge in [0.1, 0.15) is 0 Å². The van der Waals surface area contributed by atoms with Crippen LogP contribution in [0.4, 0.5) is 11.9 Å². The van der Waals surface area contributed by atoms with Crippen LogP contribution in [0.25, 0.3) is 0 Å². The molecule has 0 aliphatic rings. The smallest absolute Gasteiger partial charge is 0.322 e. The standard InChI is InChI=1S/C15H29N5O/c1-11(2)7-9-20(10-8-12(3)4)14-17-13(16-5)18-15(19-14)21-6/h11-12H,7-10H2,1-6H3,(H,16,17,18,19). The van der Waals surface area contributed by atoms with E-state index < -0.39 is 0 Å². The van der Waals surface area contributed by atoms with E-state index in [4.69, 9.17) is 4.74 Å². The summed E-state index contributed by atoms with van der Waals surface area (Å²) in [4.78, 5) is 15.3. The molecule has 120 valence electrons. The third-order valence-electron chi connectivity index (χ3n) is 3.24. The molecule has 1 N–H and O–H groups in total. The lowest BCUT2D eigenvalue weighted by atomic mass is 10.1. The van der Waals surface area contributed by atoms with Crippen molar-refractivity contribution in [3.63, 3.8) is 0 Å². The van der Waals surface area contributed by atoms with Crippen molar-refractivity contribution < 1.29 is 4.74 Å². The Labute approximate surface area is 128 Å². The molecule has 0 amide bonds. The number of nitrogens with zero attached hydrogens (tertiary/aromatic N) is 4. The monoisotopic (exact) mass is 295 g/mol. The van der Waals surface area contributed by atoms with Crippen molar-refractivity contribution in [2.24, 2.45) is 11.8 Å². The Morgan fingerprint density at radius 3 is 2.00 bits per heavy atom. The fourth-order valence-corrected chi connectivity index (χ4v) is 1.83. The summed E-state index contributed by atoms with van der Waals surface area (Å²) >= 11 is 0. The van der Waals surface area contributed by atoms with Crippen LogP contribution in [0.15, 0.2) is 0 Å². The SMILES string of the molecule is CNc1nc(OC)nc(N(CCC(C)C)CCC(C)C)n1. The molecule has 0 unspecified atom stereocenters. The molecule has 0 spiro atoms. The van der Waals surface area contributed by atoms with Crippen molar-refractivity contribution >= 4 is 11.9 Å². The Balaban J connectivity index is 2.93. The summed E-state index contributed by atoms with van der Waals surface area (Å²) in [6.45, 7) is 10.8. The van der Waals surface area contributed by atoms with Gasteiger partial charge in [-0.25, -0.2) is 0 Å². The predicted octanol–water partition coefficient (Wildman–Crippen LogP) is 2.82. The van der Waals surface area contributed by atoms with E-state index in [1.807, 2.05) is 0 Å². The highest BCUT2D eigenvalue weighted by Gasteiger charge is 2.14. The minimum absolute atomic E-state index is 0.350. The van der Waals surface area contributed by atoms with Crippen LogP contribution in [0.3, 0.4) is 0 Å². The van der Waals surface area contributed by atoms with E-state index in [1.165, 1.54) is 0 Å². The van der Waals surface area contributed by atoms with Crippen LogP contribution in [-0.4, -0.2) is 42.2 Å². The molecule has 0 radical (unpaired) electrons. The van der Waals surface area contributed by atoms with E-state index in [2.05, 4.69) is 52.9 Å². The fraction of sp³-hybridized carbons (Fsp3) is 0.800. The molecule has 6 heteroatoms. The lowest BCUT2D eigenvalue weighted by molar-refractivity contribution is 0.378. The largest absolute Gasteiger partial charge is 0.467 e. The zero-order valence-corrected chi connectivity index (χ0v) is 14.2. The number of methoxy groups -OCH3 is 1. The normalized spacial score (nSPS) is 11.0. The van der Waals surface area contributed by atoms with Gasteiger partial charge in [0.2, 0.25) is 11.9 Å². The van der Waals surface area contributed by atoms with Crippen molar-refractivity contribution in [3.05, 3.63) is 0 Å². The lowest BCUT2D eigenvalue weighted by Crippen LogP contribution is -2.29. The third-order valence-corrected chi connectivity index (χ3v) is 3.24. The van der Waals surface area contributed by atoms with Crippen LogP contribution in [0, 0.1) is 11.8 Å². The molecule has 0 aliphatic heterocycles. The van der Waals surface area contributed by atoms with Gasteiger partial charge in [-0.1, -0.05) is 27.7 Å². The summed E-state index contributed by atoms with van der Waals surface area (Å²) in [7, 11) is 3.37. The highest BCUT2D eigenvalue weighted by molar-refractivity contribution is 5.38. The highest BCUT2D eigenvalue weighted by atomic mass is 16.5. The van der Waals surface area contributed by atoms with E-state index in [0.29, 0.717) is 29.7 Å².